The van der Waals surface area contributed by atoms with Crippen LogP contribution < -0.4 is 0 Å². The number of ether oxygens (including phenoxy) is 2. The predicted molar refractivity (Wildman–Crippen MR) is 149 cm³/mol. The summed E-state index contributed by atoms with van der Waals surface area (Å²) in [4.78, 5) is 50.1. The number of para-hydroxylation sites is 2. The van der Waals surface area contributed by atoms with Gasteiger partial charge in [-0.15, -0.1) is 0 Å². The van der Waals surface area contributed by atoms with Gasteiger partial charge in [0.1, 0.15) is 13.2 Å². The lowest BCUT2D eigenvalue weighted by Crippen LogP contribution is -2.44. The largest absolute Gasteiger partial charge is 0.444 e. The zero-order valence-electron chi connectivity index (χ0n) is 23.2. The average Bonchev–Trinajstić information content (AvgIpc) is 3.00. The van der Waals surface area contributed by atoms with Gasteiger partial charge in [-0.05, 0) is 55.6 Å². The Morgan fingerprint density at radius 1 is 0.756 bits per heavy atom. The van der Waals surface area contributed by atoms with Crippen molar-refractivity contribution in [3.8, 4) is 0 Å². The van der Waals surface area contributed by atoms with Crippen molar-refractivity contribution in [3.63, 3.8) is 0 Å². The van der Waals surface area contributed by atoms with E-state index < -0.39 is 22.0 Å². The smallest absolute Gasteiger partial charge is 0.410 e. The maximum atomic E-state index is 12.6. The molecule has 2 saturated heterocycles. The third-order valence-electron chi connectivity index (χ3n) is 8.36. The summed E-state index contributed by atoms with van der Waals surface area (Å²) in [6, 6.07) is 12.5. The molecule has 0 unspecified atom stereocenters. The van der Waals surface area contributed by atoms with Gasteiger partial charge in [-0.25, -0.2) is 9.59 Å². The number of nitrogens with zero attached hydrogens (tertiary/aromatic N) is 4. The third-order valence-corrected chi connectivity index (χ3v) is 8.36. The van der Waals surface area contributed by atoms with Crippen molar-refractivity contribution < 1.29 is 28.9 Å². The topological polar surface area (TPSA) is 145 Å². The number of rotatable bonds is 9. The summed E-state index contributed by atoms with van der Waals surface area (Å²) < 4.78 is 10.8. The molecule has 0 spiro atoms. The standard InChI is InChI=1S/C29H36N4O8/c1-2-25(21-11-15-30(16-12-21)28(34)40-19-23-7-3-5-9-26(23)32(36)37)22-13-17-31(18-14-22)29(35)41-20-24-8-4-6-10-27(24)33(38)39/h3-10,21-22,25H,2,11-20H2,1H3. The molecular formula is C29H36N4O8. The van der Waals surface area contributed by atoms with E-state index in [1.54, 1.807) is 46.2 Å². The molecular weight excluding hydrogens is 532 g/mol. The van der Waals surface area contributed by atoms with Crippen LogP contribution in [0.1, 0.15) is 50.2 Å². The Hall–Kier alpha value is -4.22. The average molecular weight is 569 g/mol. The fraction of sp³-hybridized carbons (Fsp3) is 0.517. The van der Waals surface area contributed by atoms with Crippen LogP contribution in [0.4, 0.5) is 21.0 Å². The van der Waals surface area contributed by atoms with Crippen LogP contribution in [-0.2, 0) is 22.7 Å². The fourth-order valence-corrected chi connectivity index (χ4v) is 6.16. The molecule has 2 amide bonds. The molecule has 41 heavy (non-hydrogen) atoms. The molecule has 2 aliphatic heterocycles. The van der Waals surface area contributed by atoms with Crippen LogP contribution in [0.2, 0.25) is 0 Å². The molecule has 0 N–H and O–H groups in total. The van der Waals surface area contributed by atoms with Gasteiger partial charge < -0.3 is 19.3 Å². The molecule has 12 heteroatoms. The molecule has 2 aromatic carbocycles. The SMILES string of the molecule is CCC(C1CCN(C(=O)OCc2ccccc2[N+](=O)[O-])CC1)C1CCN(C(=O)OCc2ccccc2[N+](=O)[O-])CC1. The van der Waals surface area contributed by atoms with Crippen molar-refractivity contribution in [1.29, 1.82) is 0 Å². The number of nitro benzene ring substituents is 2. The summed E-state index contributed by atoms with van der Waals surface area (Å²) in [5, 5.41) is 22.4. The first-order chi connectivity index (χ1) is 19.8. The second-order valence-electron chi connectivity index (χ2n) is 10.6. The maximum Gasteiger partial charge on any atom is 0.410 e. The Balaban J connectivity index is 1.21. The number of hydrogen-bond acceptors (Lipinski definition) is 8. The molecule has 12 nitrogen and oxygen atoms in total. The Morgan fingerprint density at radius 2 is 1.12 bits per heavy atom. The molecule has 0 aliphatic carbocycles. The highest BCUT2D eigenvalue weighted by Crippen LogP contribution is 2.38. The predicted octanol–water partition coefficient (Wildman–Crippen LogP) is 5.93. The zero-order chi connectivity index (χ0) is 29.4. The highest BCUT2D eigenvalue weighted by Gasteiger charge is 2.35. The fourth-order valence-electron chi connectivity index (χ4n) is 6.16. The van der Waals surface area contributed by atoms with Gasteiger partial charge in [0.2, 0.25) is 0 Å². The van der Waals surface area contributed by atoms with Gasteiger partial charge in [0.25, 0.3) is 11.4 Å². The van der Waals surface area contributed by atoms with Gasteiger partial charge in [-0.2, -0.15) is 0 Å². The summed E-state index contributed by atoms with van der Waals surface area (Å²) in [6.45, 7) is 4.21. The van der Waals surface area contributed by atoms with Gasteiger partial charge in [-0.1, -0.05) is 37.6 Å². The molecule has 2 aromatic rings. The van der Waals surface area contributed by atoms with E-state index in [0.29, 0.717) is 55.1 Å². The monoisotopic (exact) mass is 568 g/mol. The minimum atomic E-state index is -0.480. The van der Waals surface area contributed by atoms with Crippen LogP contribution in [0, 0.1) is 38.0 Å². The third kappa shape index (κ3) is 7.50. The first-order valence-corrected chi connectivity index (χ1v) is 14.1. The van der Waals surface area contributed by atoms with Crippen molar-refractivity contribution in [3.05, 3.63) is 79.9 Å². The number of likely N-dealkylation sites (tertiary alicyclic amines) is 2. The summed E-state index contributed by atoms with van der Waals surface area (Å²) in [5.74, 6) is 1.40. The second kappa shape index (κ2) is 13.9. The molecule has 0 saturated carbocycles. The van der Waals surface area contributed by atoms with E-state index in [1.807, 2.05) is 0 Å². The summed E-state index contributed by atoms with van der Waals surface area (Å²) in [6.07, 6.45) is 3.53. The number of piperidine rings is 2. The lowest BCUT2D eigenvalue weighted by atomic mass is 9.72. The van der Waals surface area contributed by atoms with Crippen LogP contribution in [0.5, 0.6) is 0 Å². The first kappa shape index (κ1) is 29.8. The Kier molecular flexibility index (Phi) is 10.1. The van der Waals surface area contributed by atoms with E-state index in [4.69, 9.17) is 9.47 Å². The van der Waals surface area contributed by atoms with Gasteiger partial charge >= 0.3 is 12.2 Å². The van der Waals surface area contributed by atoms with Crippen LogP contribution in [0.25, 0.3) is 0 Å². The normalized spacial score (nSPS) is 16.4. The van der Waals surface area contributed by atoms with E-state index in [9.17, 15) is 29.8 Å². The molecule has 2 aliphatic rings. The summed E-state index contributed by atoms with van der Waals surface area (Å²) in [5.41, 5.74) is 0.598. The van der Waals surface area contributed by atoms with Gasteiger partial charge in [0.15, 0.2) is 0 Å². The highest BCUT2D eigenvalue weighted by atomic mass is 16.6. The minimum Gasteiger partial charge on any atom is -0.444 e. The van der Waals surface area contributed by atoms with E-state index in [0.717, 1.165) is 32.1 Å². The van der Waals surface area contributed by atoms with Crippen molar-refractivity contribution >= 4 is 23.6 Å². The van der Waals surface area contributed by atoms with Crippen molar-refractivity contribution in [1.82, 2.24) is 9.80 Å². The number of amides is 2. The van der Waals surface area contributed by atoms with Gasteiger partial charge in [-0.3, -0.25) is 20.2 Å². The number of hydrogen-bond donors (Lipinski definition) is 0. The maximum absolute atomic E-state index is 12.6. The number of nitro groups is 2. The number of carbonyl (C=O) groups is 2. The first-order valence-electron chi connectivity index (χ1n) is 14.1. The number of carbonyl (C=O) groups excluding carboxylic acids is 2. The highest BCUT2D eigenvalue weighted by molar-refractivity contribution is 5.68. The summed E-state index contributed by atoms with van der Waals surface area (Å²) >= 11 is 0. The van der Waals surface area contributed by atoms with Gasteiger partial charge in [0.05, 0.1) is 21.0 Å². The molecule has 0 radical (unpaired) electrons. The quantitative estimate of drug-likeness (QED) is 0.267. The molecule has 0 aromatic heterocycles. The van der Waals surface area contributed by atoms with E-state index in [1.165, 1.54) is 12.1 Å². The van der Waals surface area contributed by atoms with Crippen molar-refractivity contribution in [2.45, 2.75) is 52.2 Å². The van der Waals surface area contributed by atoms with E-state index in [2.05, 4.69) is 6.92 Å². The van der Waals surface area contributed by atoms with E-state index in [-0.39, 0.29) is 24.6 Å². The second-order valence-corrected chi connectivity index (χ2v) is 10.6. The van der Waals surface area contributed by atoms with Crippen molar-refractivity contribution in [2.75, 3.05) is 26.2 Å². The van der Waals surface area contributed by atoms with Gasteiger partial charge in [0, 0.05) is 38.3 Å². The molecule has 4 rings (SSSR count). The van der Waals surface area contributed by atoms with Crippen LogP contribution >= 0.6 is 0 Å². The molecule has 220 valence electrons. The molecule has 2 fully saturated rings. The Morgan fingerprint density at radius 3 is 1.46 bits per heavy atom. The Labute approximate surface area is 238 Å². The number of benzene rings is 2. The van der Waals surface area contributed by atoms with Crippen LogP contribution in [0.15, 0.2) is 48.5 Å². The van der Waals surface area contributed by atoms with Crippen molar-refractivity contribution in [2.24, 2.45) is 17.8 Å². The zero-order valence-corrected chi connectivity index (χ0v) is 23.2. The minimum absolute atomic E-state index is 0.0655. The van der Waals surface area contributed by atoms with E-state index >= 15 is 0 Å². The Bertz CT molecular complexity index is 1150. The molecule has 0 atom stereocenters. The molecule has 0 bridgehead atoms. The molecule has 2 heterocycles. The lowest BCUT2D eigenvalue weighted by Gasteiger charge is -2.41. The van der Waals surface area contributed by atoms with Crippen LogP contribution in [0.3, 0.4) is 0 Å². The summed E-state index contributed by atoms with van der Waals surface area (Å²) in [7, 11) is 0. The lowest BCUT2D eigenvalue weighted by molar-refractivity contribution is -0.386. The van der Waals surface area contributed by atoms with Crippen LogP contribution in [-0.4, -0.2) is 58.0 Å².